The summed E-state index contributed by atoms with van der Waals surface area (Å²) >= 11 is 5.97. The second kappa shape index (κ2) is 7.79. The Morgan fingerprint density at radius 2 is 1.96 bits per heavy atom. The van der Waals surface area contributed by atoms with Gasteiger partial charge in [-0.3, -0.25) is 9.58 Å². The Kier molecular flexibility index (Phi) is 5.23. The molecule has 0 aliphatic carbocycles. The molecule has 140 valence electrons. The summed E-state index contributed by atoms with van der Waals surface area (Å²) in [5.74, 6) is 0.774. The van der Waals surface area contributed by atoms with Crippen LogP contribution in [0.15, 0.2) is 36.7 Å². The molecule has 0 atom stereocenters. The summed E-state index contributed by atoms with van der Waals surface area (Å²) in [7, 11) is 0. The van der Waals surface area contributed by atoms with Gasteiger partial charge in [-0.05, 0) is 37.6 Å². The lowest BCUT2D eigenvalue weighted by Crippen LogP contribution is -2.31. The molecule has 0 amide bonds. The van der Waals surface area contributed by atoms with Crippen molar-refractivity contribution in [1.82, 2.24) is 24.6 Å². The van der Waals surface area contributed by atoms with Gasteiger partial charge in [0.2, 0.25) is 0 Å². The summed E-state index contributed by atoms with van der Waals surface area (Å²) in [5.41, 5.74) is 5.97. The predicted octanol–water partition coefficient (Wildman–Crippen LogP) is 4.27. The van der Waals surface area contributed by atoms with E-state index in [9.17, 15) is 0 Å². The Labute approximate surface area is 165 Å². The molecule has 2 aromatic heterocycles. The zero-order valence-electron chi connectivity index (χ0n) is 15.8. The summed E-state index contributed by atoms with van der Waals surface area (Å²) in [6.45, 7) is 8.14. The van der Waals surface area contributed by atoms with Gasteiger partial charge in [0.25, 0.3) is 0 Å². The first-order valence-electron chi connectivity index (χ1n) is 9.48. The SMILES string of the molecule is CCCn1ncc(CN2CCc3nc(-c4ccc(Cl)cc4)ncc3C2)c1C. The minimum atomic E-state index is 0.727. The maximum atomic E-state index is 5.97. The molecule has 3 aromatic rings. The molecular weight excluding hydrogens is 358 g/mol. The quantitative estimate of drug-likeness (QED) is 0.662. The van der Waals surface area contributed by atoms with Gasteiger partial charge in [-0.2, -0.15) is 5.10 Å². The van der Waals surface area contributed by atoms with Crippen LogP contribution in [0.1, 0.15) is 35.9 Å². The van der Waals surface area contributed by atoms with Crippen LogP contribution in [0.2, 0.25) is 5.02 Å². The average Bonchev–Trinajstić information content (AvgIpc) is 3.02. The first-order valence-corrected chi connectivity index (χ1v) is 9.86. The van der Waals surface area contributed by atoms with Crippen molar-refractivity contribution < 1.29 is 0 Å². The predicted molar refractivity (Wildman–Crippen MR) is 108 cm³/mol. The van der Waals surface area contributed by atoms with E-state index in [1.54, 1.807) is 0 Å². The number of halogens is 1. The van der Waals surface area contributed by atoms with Gasteiger partial charge in [0, 0.05) is 66.2 Å². The number of aromatic nitrogens is 4. The summed E-state index contributed by atoms with van der Waals surface area (Å²) in [6, 6.07) is 7.69. The zero-order chi connectivity index (χ0) is 18.8. The van der Waals surface area contributed by atoms with E-state index < -0.39 is 0 Å². The van der Waals surface area contributed by atoms with Crippen LogP contribution >= 0.6 is 11.6 Å². The Morgan fingerprint density at radius 3 is 2.74 bits per heavy atom. The Hall–Kier alpha value is -2.24. The van der Waals surface area contributed by atoms with E-state index in [1.807, 2.05) is 36.7 Å². The molecule has 0 saturated heterocycles. The molecule has 1 aliphatic rings. The van der Waals surface area contributed by atoms with E-state index in [-0.39, 0.29) is 0 Å². The lowest BCUT2D eigenvalue weighted by atomic mass is 10.1. The van der Waals surface area contributed by atoms with Crippen molar-refractivity contribution in [2.24, 2.45) is 0 Å². The summed E-state index contributed by atoms with van der Waals surface area (Å²) < 4.78 is 2.11. The summed E-state index contributed by atoms with van der Waals surface area (Å²) in [6.07, 6.45) is 6.04. The number of benzene rings is 1. The second-order valence-electron chi connectivity index (χ2n) is 7.11. The van der Waals surface area contributed by atoms with Crippen molar-refractivity contribution in [2.75, 3.05) is 6.54 Å². The van der Waals surface area contributed by atoms with Crippen LogP contribution in [0.3, 0.4) is 0 Å². The van der Waals surface area contributed by atoms with Crippen molar-refractivity contribution >= 4 is 11.6 Å². The van der Waals surface area contributed by atoms with Crippen molar-refractivity contribution in [2.45, 2.75) is 46.3 Å². The van der Waals surface area contributed by atoms with Crippen LogP contribution < -0.4 is 0 Å². The third-order valence-corrected chi connectivity index (χ3v) is 5.40. The van der Waals surface area contributed by atoms with Gasteiger partial charge in [-0.15, -0.1) is 0 Å². The molecule has 4 rings (SSSR count). The first kappa shape index (κ1) is 18.1. The Morgan fingerprint density at radius 1 is 1.15 bits per heavy atom. The van der Waals surface area contributed by atoms with Crippen molar-refractivity contribution in [3.05, 3.63) is 64.2 Å². The minimum Gasteiger partial charge on any atom is -0.294 e. The third kappa shape index (κ3) is 3.89. The smallest absolute Gasteiger partial charge is 0.159 e. The summed E-state index contributed by atoms with van der Waals surface area (Å²) in [5, 5.41) is 5.25. The number of aryl methyl sites for hydroxylation is 1. The van der Waals surface area contributed by atoms with Crippen LogP contribution in [0, 0.1) is 6.92 Å². The third-order valence-electron chi connectivity index (χ3n) is 5.15. The van der Waals surface area contributed by atoms with Crippen LogP contribution in [0.5, 0.6) is 0 Å². The van der Waals surface area contributed by atoms with E-state index in [4.69, 9.17) is 16.6 Å². The number of hydrogen-bond donors (Lipinski definition) is 0. The van der Waals surface area contributed by atoms with E-state index in [0.717, 1.165) is 61.1 Å². The number of nitrogens with zero attached hydrogens (tertiary/aromatic N) is 5. The van der Waals surface area contributed by atoms with Crippen molar-refractivity contribution in [3.8, 4) is 11.4 Å². The molecule has 0 unspecified atom stereocenters. The highest BCUT2D eigenvalue weighted by atomic mass is 35.5. The lowest BCUT2D eigenvalue weighted by molar-refractivity contribution is 0.242. The van der Waals surface area contributed by atoms with Crippen LogP contribution in [-0.2, 0) is 26.1 Å². The number of rotatable bonds is 5. The van der Waals surface area contributed by atoms with Crippen LogP contribution in [0.25, 0.3) is 11.4 Å². The molecule has 5 nitrogen and oxygen atoms in total. The maximum Gasteiger partial charge on any atom is 0.159 e. The monoisotopic (exact) mass is 381 g/mol. The second-order valence-corrected chi connectivity index (χ2v) is 7.55. The molecular formula is C21H24ClN5. The highest BCUT2D eigenvalue weighted by molar-refractivity contribution is 6.30. The fourth-order valence-electron chi connectivity index (χ4n) is 3.57. The fraction of sp³-hybridized carbons (Fsp3) is 0.381. The van der Waals surface area contributed by atoms with Gasteiger partial charge in [0.05, 0.1) is 11.9 Å². The van der Waals surface area contributed by atoms with Gasteiger partial charge in [-0.1, -0.05) is 18.5 Å². The lowest BCUT2D eigenvalue weighted by Gasteiger charge is -2.28. The Bertz CT molecular complexity index is 932. The van der Waals surface area contributed by atoms with Gasteiger partial charge in [0.1, 0.15) is 0 Å². The average molecular weight is 382 g/mol. The molecule has 0 spiro atoms. The van der Waals surface area contributed by atoms with Gasteiger partial charge in [0.15, 0.2) is 5.82 Å². The fourth-order valence-corrected chi connectivity index (χ4v) is 3.69. The highest BCUT2D eigenvalue weighted by Crippen LogP contribution is 2.23. The topological polar surface area (TPSA) is 46.8 Å². The standard InChI is InChI=1S/C21H24ClN5/c1-3-9-27-15(2)17(12-24-27)13-26-10-8-20-18(14-26)11-23-21(25-20)16-4-6-19(22)7-5-16/h4-7,11-12H,3,8-10,13-14H2,1-2H3. The van der Waals surface area contributed by atoms with Crippen molar-refractivity contribution in [3.63, 3.8) is 0 Å². The molecule has 0 bridgehead atoms. The number of fused-ring (bicyclic) bond motifs is 1. The zero-order valence-corrected chi connectivity index (χ0v) is 16.6. The minimum absolute atomic E-state index is 0.727. The maximum absolute atomic E-state index is 5.97. The molecule has 0 fully saturated rings. The molecule has 0 saturated carbocycles. The van der Waals surface area contributed by atoms with Crippen LogP contribution in [-0.4, -0.2) is 31.2 Å². The highest BCUT2D eigenvalue weighted by Gasteiger charge is 2.20. The molecule has 6 heteroatoms. The normalized spacial score (nSPS) is 14.3. The van der Waals surface area contributed by atoms with Gasteiger partial charge in [-0.25, -0.2) is 9.97 Å². The summed E-state index contributed by atoms with van der Waals surface area (Å²) in [4.78, 5) is 11.8. The van der Waals surface area contributed by atoms with Crippen LogP contribution in [0.4, 0.5) is 0 Å². The van der Waals surface area contributed by atoms with E-state index >= 15 is 0 Å². The largest absolute Gasteiger partial charge is 0.294 e. The molecule has 0 radical (unpaired) electrons. The molecule has 0 N–H and O–H groups in total. The van der Waals surface area contributed by atoms with E-state index in [0.29, 0.717) is 0 Å². The van der Waals surface area contributed by atoms with E-state index in [1.165, 1.54) is 16.8 Å². The molecule has 1 aromatic carbocycles. The van der Waals surface area contributed by atoms with Gasteiger partial charge >= 0.3 is 0 Å². The molecule has 27 heavy (non-hydrogen) atoms. The molecule has 3 heterocycles. The first-order chi connectivity index (χ1) is 13.1. The number of hydrogen-bond acceptors (Lipinski definition) is 4. The van der Waals surface area contributed by atoms with E-state index in [2.05, 4.69) is 33.5 Å². The molecule has 1 aliphatic heterocycles. The van der Waals surface area contributed by atoms with Crippen molar-refractivity contribution in [1.29, 1.82) is 0 Å². The van der Waals surface area contributed by atoms with Gasteiger partial charge < -0.3 is 0 Å². The Balaban J connectivity index is 1.48.